The highest BCUT2D eigenvalue weighted by Gasteiger charge is 2.27. The predicted octanol–water partition coefficient (Wildman–Crippen LogP) is 3.89. The molecule has 1 amide bonds. The number of imidazole rings is 1. The van der Waals surface area contributed by atoms with E-state index in [1.807, 2.05) is 60.0 Å². The lowest BCUT2D eigenvalue weighted by Gasteiger charge is -2.03. The van der Waals surface area contributed by atoms with Crippen molar-refractivity contribution in [3.8, 4) is 11.3 Å². The van der Waals surface area contributed by atoms with E-state index in [1.54, 1.807) is 6.07 Å². The number of pyridine rings is 1. The number of benzene rings is 2. The number of anilines is 1. The minimum absolute atomic E-state index is 0.00794. The minimum atomic E-state index is -0.557. The lowest BCUT2D eigenvalue weighted by molar-refractivity contribution is -0.493. The van der Waals surface area contributed by atoms with Crippen LogP contribution in [0.2, 0.25) is 0 Å². The monoisotopic (exact) mass is 373 g/mol. The summed E-state index contributed by atoms with van der Waals surface area (Å²) in [5.74, 6) is -0.0252. The summed E-state index contributed by atoms with van der Waals surface area (Å²) in [5.41, 5.74) is 3.25. The van der Waals surface area contributed by atoms with Crippen LogP contribution >= 0.6 is 0 Å². The second kappa shape index (κ2) is 6.96. The number of hydrogen-bond donors (Lipinski definition) is 2. The van der Waals surface area contributed by atoms with Gasteiger partial charge in [-0.25, -0.2) is 9.72 Å². The Balaban J connectivity index is 1.84. The lowest BCUT2D eigenvalue weighted by Crippen LogP contribution is -2.27. The number of rotatable bonds is 4. The van der Waals surface area contributed by atoms with Crippen molar-refractivity contribution in [3.63, 3.8) is 0 Å². The van der Waals surface area contributed by atoms with Gasteiger partial charge in [0.1, 0.15) is 5.56 Å². The van der Waals surface area contributed by atoms with Gasteiger partial charge in [-0.05, 0) is 24.6 Å². The summed E-state index contributed by atoms with van der Waals surface area (Å²) in [6.07, 6.45) is 1.85. The Kier molecular flexibility index (Phi) is 4.33. The zero-order chi connectivity index (χ0) is 19.7. The topological polar surface area (TPSA) is 92.1 Å². The summed E-state index contributed by atoms with van der Waals surface area (Å²) in [5, 5.41) is 14.1. The molecule has 7 heteroatoms. The second-order valence-corrected chi connectivity index (χ2v) is 6.40. The lowest BCUT2D eigenvalue weighted by atomic mass is 10.1. The van der Waals surface area contributed by atoms with Gasteiger partial charge in [-0.15, -0.1) is 0 Å². The van der Waals surface area contributed by atoms with Crippen molar-refractivity contribution in [2.45, 2.75) is 6.92 Å². The van der Waals surface area contributed by atoms with E-state index in [4.69, 9.17) is 0 Å². The van der Waals surface area contributed by atoms with E-state index in [0.717, 1.165) is 22.5 Å². The number of nitro groups is 1. The number of hydrogen-bond acceptors (Lipinski definition) is 3. The fraction of sp³-hybridized carbons (Fsp3) is 0.0476. The molecule has 0 aliphatic rings. The molecule has 4 aromatic rings. The van der Waals surface area contributed by atoms with Crippen molar-refractivity contribution in [2.24, 2.45) is 0 Å². The Bertz CT molecular complexity index is 1200. The largest absolute Gasteiger partial charge is 0.318 e. The Morgan fingerprint density at radius 3 is 2.54 bits per heavy atom. The van der Waals surface area contributed by atoms with E-state index in [9.17, 15) is 14.9 Å². The van der Waals surface area contributed by atoms with Crippen LogP contribution in [-0.4, -0.2) is 15.8 Å². The number of aryl methyl sites for hydroxylation is 1. The van der Waals surface area contributed by atoms with Crippen LogP contribution in [0.5, 0.6) is 0 Å². The van der Waals surface area contributed by atoms with Gasteiger partial charge in [0.2, 0.25) is 5.65 Å². The molecule has 0 bridgehead atoms. The van der Waals surface area contributed by atoms with Crippen molar-refractivity contribution in [1.82, 2.24) is 4.98 Å². The molecule has 28 heavy (non-hydrogen) atoms. The molecule has 0 saturated carbocycles. The second-order valence-electron chi connectivity index (χ2n) is 6.40. The average Bonchev–Trinajstić information content (AvgIpc) is 3.06. The molecule has 0 aliphatic carbocycles. The van der Waals surface area contributed by atoms with Gasteiger partial charge < -0.3 is 0 Å². The standard InChI is InChI=1S/C21H16N4O3/c1-14-11-12-24-18(13-14)22-19(15-7-3-2-4-8-15)20(24)23-21(26)16-9-5-6-10-17(16)25(27)28/h2-13H,1H3,(H,23,26)/p+1. The molecule has 0 radical (unpaired) electrons. The predicted molar refractivity (Wildman–Crippen MR) is 105 cm³/mol. The summed E-state index contributed by atoms with van der Waals surface area (Å²) in [7, 11) is 0. The SMILES string of the molecule is Cc1cc[n+]2c(NC(=O)c3ccccc3[N+](=O)[O-])c(-c3ccccc3)[nH]c2c1. The highest BCUT2D eigenvalue weighted by molar-refractivity contribution is 6.07. The van der Waals surface area contributed by atoms with Gasteiger partial charge in [0.15, 0.2) is 5.69 Å². The zero-order valence-corrected chi connectivity index (χ0v) is 15.0. The third kappa shape index (κ3) is 3.09. The van der Waals surface area contributed by atoms with Crippen molar-refractivity contribution in [1.29, 1.82) is 0 Å². The van der Waals surface area contributed by atoms with Gasteiger partial charge in [-0.2, -0.15) is 0 Å². The van der Waals surface area contributed by atoms with Crippen LogP contribution < -0.4 is 9.72 Å². The number of nitrogens with one attached hydrogen (secondary N) is 2. The van der Waals surface area contributed by atoms with Crippen LogP contribution in [0.1, 0.15) is 15.9 Å². The maximum Gasteiger partial charge on any atom is 0.318 e. The molecule has 2 aromatic heterocycles. The molecule has 7 nitrogen and oxygen atoms in total. The molecule has 0 atom stereocenters. The van der Waals surface area contributed by atoms with Crippen molar-refractivity contribution in [3.05, 3.63) is 94.2 Å². The molecule has 0 fully saturated rings. The highest BCUT2D eigenvalue weighted by atomic mass is 16.6. The van der Waals surface area contributed by atoms with E-state index in [2.05, 4.69) is 10.3 Å². The fourth-order valence-electron chi connectivity index (χ4n) is 3.14. The van der Waals surface area contributed by atoms with Crippen LogP contribution in [-0.2, 0) is 0 Å². The average molecular weight is 373 g/mol. The van der Waals surface area contributed by atoms with E-state index in [-0.39, 0.29) is 11.3 Å². The normalized spacial score (nSPS) is 10.8. The molecule has 138 valence electrons. The molecule has 2 heterocycles. The first-order chi connectivity index (χ1) is 13.5. The Morgan fingerprint density at radius 2 is 1.79 bits per heavy atom. The summed E-state index contributed by atoms with van der Waals surface area (Å²) in [6, 6.07) is 19.4. The maximum atomic E-state index is 12.9. The van der Waals surface area contributed by atoms with Crippen molar-refractivity contribution in [2.75, 3.05) is 5.32 Å². The van der Waals surface area contributed by atoms with E-state index < -0.39 is 10.8 Å². The van der Waals surface area contributed by atoms with Gasteiger partial charge in [-0.3, -0.25) is 19.9 Å². The third-order valence-corrected chi connectivity index (χ3v) is 4.48. The number of carbonyl (C=O) groups is 1. The number of carbonyl (C=O) groups excluding carboxylic acids is 1. The van der Waals surface area contributed by atoms with Gasteiger partial charge in [-0.1, -0.05) is 42.5 Å². The van der Waals surface area contributed by atoms with Crippen molar-refractivity contribution < 1.29 is 14.1 Å². The molecule has 0 saturated heterocycles. The summed E-state index contributed by atoms with van der Waals surface area (Å²) >= 11 is 0. The molecule has 2 aromatic carbocycles. The van der Waals surface area contributed by atoms with Gasteiger partial charge >= 0.3 is 5.91 Å². The fourth-order valence-corrected chi connectivity index (χ4v) is 3.14. The number of nitro benzene ring substituents is 1. The number of amides is 1. The molecular formula is C21H17N4O3+. The van der Waals surface area contributed by atoms with Crippen LogP contribution in [0.3, 0.4) is 0 Å². The van der Waals surface area contributed by atoms with Gasteiger partial charge in [0.25, 0.3) is 11.5 Å². The Morgan fingerprint density at radius 1 is 1.07 bits per heavy atom. The molecular weight excluding hydrogens is 356 g/mol. The van der Waals surface area contributed by atoms with E-state index in [0.29, 0.717) is 5.82 Å². The first-order valence-corrected chi connectivity index (χ1v) is 8.69. The first-order valence-electron chi connectivity index (χ1n) is 8.69. The first kappa shape index (κ1) is 17.4. The summed E-state index contributed by atoms with van der Waals surface area (Å²) in [4.78, 5) is 26.9. The molecule has 2 N–H and O–H groups in total. The third-order valence-electron chi connectivity index (χ3n) is 4.48. The number of fused-ring (bicyclic) bond motifs is 1. The zero-order valence-electron chi connectivity index (χ0n) is 15.0. The summed E-state index contributed by atoms with van der Waals surface area (Å²) in [6.45, 7) is 1.98. The van der Waals surface area contributed by atoms with E-state index in [1.165, 1.54) is 18.2 Å². The number of nitrogens with zero attached hydrogens (tertiary/aromatic N) is 2. The minimum Gasteiger partial charge on any atom is -0.267 e. The Labute approximate surface area is 160 Å². The number of aromatic amines is 1. The quantitative estimate of drug-likeness (QED) is 0.323. The van der Waals surface area contributed by atoms with Crippen LogP contribution in [0, 0.1) is 17.0 Å². The van der Waals surface area contributed by atoms with E-state index >= 15 is 0 Å². The van der Waals surface area contributed by atoms with Crippen LogP contribution in [0.25, 0.3) is 16.9 Å². The van der Waals surface area contributed by atoms with Gasteiger partial charge in [0, 0.05) is 17.7 Å². The molecule has 0 unspecified atom stereocenters. The summed E-state index contributed by atoms with van der Waals surface area (Å²) < 4.78 is 1.82. The highest BCUT2D eigenvalue weighted by Crippen LogP contribution is 2.26. The molecule has 0 aliphatic heterocycles. The number of para-hydroxylation sites is 1. The van der Waals surface area contributed by atoms with Crippen molar-refractivity contribution >= 4 is 23.1 Å². The number of aromatic nitrogens is 2. The molecule has 0 spiro atoms. The molecule has 4 rings (SSSR count). The smallest absolute Gasteiger partial charge is 0.267 e. The Hall–Kier alpha value is -4.00. The van der Waals surface area contributed by atoms with Crippen LogP contribution in [0.15, 0.2) is 72.9 Å². The maximum absolute atomic E-state index is 12.9. The van der Waals surface area contributed by atoms with Gasteiger partial charge in [0.05, 0.1) is 11.1 Å². The van der Waals surface area contributed by atoms with Crippen LogP contribution in [0.4, 0.5) is 11.5 Å². The number of H-pyrrole nitrogens is 1.